The molecule has 0 bridgehead atoms. The van der Waals surface area contributed by atoms with Crippen molar-refractivity contribution in [3.05, 3.63) is 76.4 Å². The summed E-state index contributed by atoms with van der Waals surface area (Å²) >= 11 is 0. The normalized spacial score (nSPS) is 27.6. The van der Waals surface area contributed by atoms with Gasteiger partial charge in [0.05, 0.1) is 22.4 Å². The van der Waals surface area contributed by atoms with Crippen LogP contribution in [-0.2, 0) is 14.4 Å². The van der Waals surface area contributed by atoms with Crippen molar-refractivity contribution in [2.75, 3.05) is 4.90 Å². The SMILES string of the molecule is CC1(C(=O)O)NC(/C=C/c2ccccc2)C2C(=O)N(c3cccc([N+](=O)[O-])c3)C(=O)C21. The fourth-order valence-electron chi connectivity index (χ4n) is 4.33. The van der Waals surface area contributed by atoms with Crippen molar-refractivity contribution >= 4 is 35.2 Å². The summed E-state index contributed by atoms with van der Waals surface area (Å²) in [7, 11) is 0. The molecule has 2 aromatic rings. The molecule has 2 aliphatic rings. The van der Waals surface area contributed by atoms with E-state index >= 15 is 0 Å². The van der Waals surface area contributed by atoms with Crippen LogP contribution in [0.25, 0.3) is 6.08 Å². The standard InChI is InChI=1S/C22H19N3O6/c1-22(21(28)29)18-17(16(23-22)11-10-13-6-3-2-4-7-13)19(26)24(20(18)27)14-8-5-9-15(12-14)25(30)31/h2-12,16-18,23H,1H3,(H,28,29)/b11-10+. The summed E-state index contributed by atoms with van der Waals surface area (Å²) in [6.45, 7) is 1.38. The van der Waals surface area contributed by atoms with E-state index in [4.69, 9.17) is 0 Å². The van der Waals surface area contributed by atoms with E-state index in [0.29, 0.717) is 0 Å². The Morgan fingerprint density at radius 3 is 2.52 bits per heavy atom. The smallest absolute Gasteiger partial charge is 0.324 e. The minimum atomic E-state index is -1.67. The summed E-state index contributed by atoms with van der Waals surface area (Å²) in [6.07, 6.45) is 3.44. The predicted octanol–water partition coefficient (Wildman–Crippen LogP) is 2.23. The van der Waals surface area contributed by atoms with E-state index in [1.165, 1.54) is 25.1 Å². The molecule has 4 rings (SSSR count). The number of carboxylic acids is 1. The summed E-state index contributed by atoms with van der Waals surface area (Å²) in [5.41, 5.74) is -1.03. The van der Waals surface area contributed by atoms with Crippen LogP contribution < -0.4 is 10.2 Å². The highest BCUT2D eigenvalue weighted by Crippen LogP contribution is 2.45. The van der Waals surface area contributed by atoms with Crippen LogP contribution >= 0.6 is 0 Å². The largest absolute Gasteiger partial charge is 0.480 e. The molecule has 4 unspecified atom stereocenters. The van der Waals surface area contributed by atoms with Gasteiger partial charge < -0.3 is 5.11 Å². The maximum absolute atomic E-state index is 13.3. The van der Waals surface area contributed by atoms with E-state index in [2.05, 4.69) is 5.32 Å². The summed E-state index contributed by atoms with van der Waals surface area (Å²) < 4.78 is 0. The van der Waals surface area contributed by atoms with E-state index in [1.807, 2.05) is 30.3 Å². The number of fused-ring (bicyclic) bond motifs is 1. The van der Waals surface area contributed by atoms with Crippen LogP contribution in [-0.4, -0.2) is 39.4 Å². The molecule has 9 nitrogen and oxygen atoms in total. The fraction of sp³-hybridized carbons (Fsp3) is 0.227. The molecule has 4 atom stereocenters. The Balaban J connectivity index is 1.74. The molecule has 0 saturated carbocycles. The van der Waals surface area contributed by atoms with Gasteiger partial charge in [-0.15, -0.1) is 0 Å². The molecule has 158 valence electrons. The monoisotopic (exact) mass is 421 g/mol. The number of imide groups is 1. The molecule has 0 spiro atoms. The Hall–Kier alpha value is -3.85. The van der Waals surface area contributed by atoms with Crippen molar-refractivity contribution < 1.29 is 24.4 Å². The average Bonchev–Trinajstić information content (AvgIpc) is 3.21. The zero-order valence-electron chi connectivity index (χ0n) is 16.5. The lowest BCUT2D eigenvalue weighted by molar-refractivity contribution is -0.384. The number of carbonyl (C=O) groups excluding carboxylic acids is 2. The number of nitrogens with zero attached hydrogens (tertiary/aromatic N) is 2. The number of hydrogen-bond acceptors (Lipinski definition) is 6. The van der Waals surface area contributed by atoms with Gasteiger partial charge in [-0.25, -0.2) is 4.90 Å². The van der Waals surface area contributed by atoms with Gasteiger partial charge in [-0.05, 0) is 18.6 Å². The third-order valence-corrected chi connectivity index (χ3v) is 5.87. The molecule has 2 heterocycles. The first-order chi connectivity index (χ1) is 14.7. The molecule has 31 heavy (non-hydrogen) atoms. The molecular formula is C22H19N3O6. The highest BCUT2D eigenvalue weighted by Gasteiger charge is 2.66. The van der Waals surface area contributed by atoms with E-state index in [9.17, 15) is 29.6 Å². The molecule has 2 saturated heterocycles. The number of amides is 2. The minimum absolute atomic E-state index is 0.0529. The fourth-order valence-corrected chi connectivity index (χ4v) is 4.33. The second-order valence-electron chi connectivity index (χ2n) is 7.74. The summed E-state index contributed by atoms with van der Waals surface area (Å²) in [6, 6.07) is 13.8. The third-order valence-electron chi connectivity index (χ3n) is 5.87. The Morgan fingerprint density at radius 2 is 1.87 bits per heavy atom. The number of aliphatic carboxylic acids is 1. The first kappa shape index (κ1) is 20.4. The lowest BCUT2D eigenvalue weighted by atomic mass is 9.81. The van der Waals surface area contributed by atoms with Gasteiger partial charge in [0, 0.05) is 18.2 Å². The molecule has 0 aromatic heterocycles. The molecular weight excluding hydrogens is 402 g/mol. The zero-order valence-corrected chi connectivity index (χ0v) is 16.5. The number of nitro benzene ring substituents is 1. The topological polar surface area (TPSA) is 130 Å². The first-order valence-electron chi connectivity index (χ1n) is 9.60. The van der Waals surface area contributed by atoms with E-state index in [1.54, 1.807) is 12.2 Å². The molecule has 2 fully saturated rings. The quantitative estimate of drug-likeness (QED) is 0.430. The lowest BCUT2D eigenvalue weighted by Gasteiger charge is -2.26. The average molecular weight is 421 g/mol. The van der Waals surface area contributed by atoms with Gasteiger partial charge in [-0.3, -0.25) is 29.8 Å². The van der Waals surface area contributed by atoms with Gasteiger partial charge in [0.15, 0.2) is 0 Å². The Bertz CT molecular complexity index is 1120. The Labute approximate surface area is 177 Å². The zero-order chi connectivity index (χ0) is 22.3. The Morgan fingerprint density at radius 1 is 1.16 bits per heavy atom. The maximum Gasteiger partial charge on any atom is 0.324 e. The first-order valence-corrected chi connectivity index (χ1v) is 9.60. The molecule has 2 N–H and O–H groups in total. The number of nitrogens with one attached hydrogen (secondary N) is 1. The van der Waals surface area contributed by atoms with Gasteiger partial charge in [-0.2, -0.15) is 0 Å². The van der Waals surface area contributed by atoms with Gasteiger partial charge >= 0.3 is 5.97 Å². The van der Waals surface area contributed by atoms with Crippen molar-refractivity contribution in [3.8, 4) is 0 Å². The van der Waals surface area contributed by atoms with Crippen LogP contribution in [0.4, 0.5) is 11.4 Å². The highest BCUT2D eigenvalue weighted by atomic mass is 16.6. The molecule has 0 radical (unpaired) electrons. The third kappa shape index (κ3) is 3.28. The van der Waals surface area contributed by atoms with Crippen molar-refractivity contribution in [3.63, 3.8) is 0 Å². The number of rotatable bonds is 5. The second-order valence-corrected chi connectivity index (χ2v) is 7.74. The van der Waals surface area contributed by atoms with Crippen molar-refractivity contribution in [1.82, 2.24) is 5.32 Å². The number of non-ortho nitro benzene ring substituents is 1. The van der Waals surface area contributed by atoms with E-state index in [-0.39, 0.29) is 11.4 Å². The number of carboxylic acid groups (broad SMARTS) is 1. The summed E-state index contributed by atoms with van der Waals surface area (Å²) in [4.78, 5) is 49.9. The van der Waals surface area contributed by atoms with Gasteiger partial charge in [0.25, 0.3) is 5.69 Å². The van der Waals surface area contributed by atoms with Crippen molar-refractivity contribution in [2.24, 2.45) is 11.8 Å². The molecule has 0 aliphatic carbocycles. The van der Waals surface area contributed by atoms with Crippen molar-refractivity contribution in [1.29, 1.82) is 0 Å². The number of anilines is 1. The van der Waals surface area contributed by atoms with Crippen LogP contribution in [0.15, 0.2) is 60.7 Å². The van der Waals surface area contributed by atoms with Crippen LogP contribution in [0, 0.1) is 22.0 Å². The highest BCUT2D eigenvalue weighted by molar-refractivity contribution is 6.24. The van der Waals surface area contributed by atoms with E-state index in [0.717, 1.165) is 16.5 Å². The summed E-state index contributed by atoms with van der Waals surface area (Å²) in [5, 5.41) is 23.9. The molecule has 9 heteroatoms. The van der Waals surface area contributed by atoms with Crippen molar-refractivity contribution in [2.45, 2.75) is 18.5 Å². The molecule has 2 amide bonds. The van der Waals surface area contributed by atoms with E-state index < -0.39 is 46.1 Å². The van der Waals surface area contributed by atoms with Crippen LogP contribution in [0.5, 0.6) is 0 Å². The second kappa shape index (κ2) is 7.44. The number of carbonyl (C=O) groups is 3. The lowest BCUT2D eigenvalue weighted by Crippen LogP contribution is -2.54. The number of nitro groups is 1. The van der Waals surface area contributed by atoms with Gasteiger partial charge in [-0.1, -0.05) is 48.6 Å². The van der Waals surface area contributed by atoms with Crippen LogP contribution in [0.2, 0.25) is 0 Å². The number of hydrogen-bond donors (Lipinski definition) is 2. The molecule has 2 aromatic carbocycles. The molecule has 2 aliphatic heterocycles. The van der Waals surface area contributed by atoms with Gasteiger partial charge in [0.1, 0.15) is 5.54 Å². The summed E-state index contributed by atoms with van der Waals surface area (Å²) in [5.74, 6) is -4.63. The number of benzene rings is 2. The van der Waals surface area contributed by atoms with Crippen LogP contribution in [0.3, 0.4) is 0 Å². The van der Waals surface area contributed by atoms with Crippen LogP contribution in [0.1, 0.15) is 12.5 Å². The minimum Gasteiger partial charge on any atom is -0.480 e. The maximum atomic E-state index is 13.3. The van der Waals surface area contributed by atoms with Gasteiger partial charge in [0.2, 0.25) is 11.8 Å². The Kier molecular flexibility index (Phi) is 4.90. The predicted molar refractivity (Wildman–Crippen MR) is 111 cm³/mol.